The molecule has 2 N–H and O–H groups in total. The Balaban J connectivity index is 2.24. The zero-order chi connectivity index (χ0) is 15.2. The van der Waals surface area contributed by atoms with Crippen molar-refractivity contribution < 1.29 is 9.21 Å². The van der Waals surface area contributed by atoms with Crippen LogP contribution in [0.25, 0.3) is 0 Å². The van der Waals surface area contributed by atoms with Gasteiger partial charge in [0.25, 0.3) is 5.91 Å². The molecule has 21 heavy (non-hydrogen) atoms. The van der Waals surface area contributed by atoms with Crippen molar-refractivity contribution in [2.75, 3.05) is 12.3 Å². The number of nitrogens with two attached hydrogens (primary N) is 1. The molecule has 0 spiro atoms. The first kappa shape index (κ1) is 15.1. The summed E-state index contributed by atoms with van der Waals surface area (Å²) in [5, 5.41) is 8.75. The molecule has 0 atom stereocenters. The number of furan rings is 1. The highest BCUT2D eigenvalue weighted by molar-refractivity contribution is 9.10. The summed E-state index contributed by atoms with van der Waals surface area (Å²) in [4.78, 5) is 14.2. The Morgan fingerprint density at radius 3 is 2.90 bits per heavy atom. The zero-order valence-corrected chi connectivity index (χ0v) is 12.8. The Kier molecular flexibility index (Phi) is 5.01. The highest BCUT2D eigenvalue weighted by atomic mass is 79.9. The Bertz CT molecular complexity index is 662. The normalized spacial score (nSPS) is 10.1. The largest absolute Gasteiger partial charge is 0.467 e. The van der Waals surface area contributed by atoms with Gasteiger partial charge in [-0.2, -0.15) is 5.26 Å². The quantitative estimate of drug-likeness (QED) is 0.841. The predicted octanol–water partition coefficient (Wildman–Crippen LogP) is 3.18. The van der Waals surface area contributed by atoms with E-state index in [1.807, 2.05) is 6.07 Å². The summed E-state index contributed by atoms with van der Waals surface area (Å²) in [5.41, 5.74) is 6.72. The molecule has 5 nitrogen and oxygen atoms in total. The lowest BCUT2D eigenvalue weighted by molar-refractivity contribution is 0.0734. The summed E-state index contributed by atoms with van der Waals surface area (Å²) in [5.74, 6) is 0.474. The van der Waals surface area contributed by atoms with Crippen molar-refractivity contribution in [1.82, 2.24) is 4.90 Å². The summed E-state index contributed by atoms with van der Waals surface area (Å²) in [6.07, 6.45) is 1.81. The van der Waals surface area contributed by atoms with Crippen LogP contribution in [-0.4, -0.2) is 17.4 Å². The van der Waals surface area contributed by atoms with Gasteiger partial charge in [0, 0.05) is 16.7 Å². The lowest BCUT2D eigenvalue weighted by Gasteiger charge is -2.21. The van der Waals surface area contributed by atoms with Gasteiger partial charge in [-0.25, -0.2) is 0 Å². The first-order valence-electron chi connectivity index (χ1n) is 6.35. The molecule has 0 aliphatic heterocycles. The van der Waals surface area contributed by atoms with Crippen molar-refractivity contribution in [3.8, 4) is 6.07 Å². The Morgan fingerprint density at radius 1 is 1.43 bits per heavy atom. The second-order valence-corrected chi connectivity index (χ2v) is 5.31. The van der Waals surface area contributed by atoms with Crippen molar-refractivity contribution in [2.45, 2.75) is 13.0 Å². The molecule has 0 saturated heterocycles. The summed E-state index contributed by atoms with van der Waals surface area (Å²) in [7, 11) is 0. The van der Waals surface area contributed by atoms with Gasteiger partial charge in [-0.1, -0.05) is 0 Å². The molecular weight excluding hydrogens is 334 g/mol. The fourth-order valence-corrected chi connectivity index (χ4v) is 2.32. The van der Waals surface area contributed by atoms with Crippen LogP contribution in [0.15, 0.2) is 45.5 Å². The SMILES string of the molecule is N#CCCN(Cc1ccco1)C(=O)c1cc(N)ccc1Br. The highest BCUT2D eigenvalue weighted by Gasteiger charge is 2.19. The molecule has 1 heterocycles. The Morgan fingerprint density at radius 2 is 2.24 bits per heavy atom. The van der Waals surface area contributed by atoms with E-state index in [0.717, 1.165) is 0 Å². The maximum atomic E-state index is 12.6. The third-order valence-electron chi connectivity index (χ3n) is 2.93. The topological polar surface area (TPSA) is 83.3 Å². The van der Waals surface area contributed by atoms with Crippen LogP contribution < -0.4 is 5.73 Å². The summed E-state index contributed by atoms with van der Waals surface area (Å²) >= 11 is 3.35. The van der Waals surface area contributed by atoms with E-state index >= 15 is 0 Å². The highest BCUT2D eigenvalue weighted by Crippen LogP contribution is 2.22. The maximum Gasteiger partial charge on any atom is 0.255 e. The smallest absolute Gasteiger partial charge is 0.255 e. The van der Waals surface area contributed by atoms with Crippen molar-refractivity contribution in [2.24, 2.45) is 0 Å². The van der Waals surface area contributed by atoms with Gasteiger partial charge in [-0.05, 0) is 46.3 Å². The van der Waals surface area contributed by atoms with E-state index < -0.39 is 0 Å². The van der Waals surface area contributed by atoms with Gasteiger partial charge in [0.1, 0.15) is 5.76 Å². The van der Waals surface area contributed by atoms with E-state index in [1.54, 1.807) is 41.5 Å². The van der Waals surface area contributed by atoms with Gasteiger partial charge in [0.2, 0.25) is 0 Å². The van der Waals surface area contributed by atoms with Crippen molar-refractivity contribution in [3.05, 3.63) is 52.4 Å². The maximum absolute atomic E-state index is 12.6. The molecule has 6 heteroatoms. The molecule has 1 aromatic heterocycles. The van der Waals surface area contributed by atoms with E-state index in [4.69, 9.17) is 15.4 Å². The van der Waals surface area contributed by atoms with Gasteiger partial charge in [-0.15, -0.1) is 0 Å². The summed E-state index contributed by atoms with van der Waals surface area (Å²) in [6, 6.07) is 10.7. The number of halogens is 1. The van der Waals surface area contributed by atoms with Gasteiger partial charge >= 0.3 is 0 Å². The number of nitrogen functional groups attached to an aromatic ring is 1. The van der Waals surface area contributed by atoms with E-state index in [9.17, 15) is 4.79 Å². The minimum Gasteiger partial charge on any atom is -0.467 e. The first-order valence-corrected chi connectivity index (χ1v) is 7.14. The predicted molar refractivity (Wildman–Crippen MR) is 82.2 cm³/mol. The van der Waals surface area contributed by atoms with Crippen LogP contribution in [0, 0.1) is 11.3 Å². The number of anilines is 1. The molecule has 108 valence electrons. The minimum absolute atomic E-state index is 0.194. The second-order valence-electron chi connectivity index (χ2n) is 4.45. The van der Waals surface area contributed by atoms with Crippen molar-refractivity contribution in [3.63, 3.8) is 0 Å². The van der Waals surface area contributed by atoms with E-state index in [-0.39, 0.29) is 12.3 Å². The lowest BCUT2D eigenvalue weighted by atomic mass is 10.1. The van der Waals surface area contributed by atoms with Crippen LogP contribution in [0.1, 0.15) is 22.5 Å². The number of rotatable bonds is 5. The monoisotopic (exact) mass is 347 g/mol. The molecule has 0 fully saturated rings. The number of nitrogens with zero attached hydrogens (tertiary/aromatic N) is 2. The molecule has 1 aromatic carbocycles. The van der Waals surface area contributed by atoms with Crippen LogP contribution in [-0.2, 0) is 6.54 Å². The van der Waals surface area contributed by atoms with Crippen LogP contribution >= 0.6 is 15.9 Å². The van der Waals surface area contributed by atoms with E-state index in [2.05, 4.69) is 15.9 Å². The second kappa shape index (κ2) is 6.95. The summed E-state index contributed by atoms with van der Waals surface area (Å²) in [6.45, 7) is 0.645. The molecule has 2 rings (SSSR count). The third-order valence-corrected chi connectivity index (χ3v) is 3.62. The number of benzene rings is 1. The molecule has 2 aromatic rings. The molecule has 0 aliphatic rings. The molecule has 1 amide bonds. The standard InChI is InChI=1S/C15H14BrN3O2/c16-14-5-4-11(18)9-13(14)15(20)19(7-2-6-17)10-12-3-1-8-21-12/h1,3-5,8-9H,2,7,10,18H2. The number of carbonyl (C=O) groups is 1. The number of hydrogen-bond acceptors (Lipinski definition) is 4. The molecule has 0 aliphatic carbocycles. The van der Waals surface area contributed by atoms with Crippen molar-refractivity contribution in [1.29, 1.82) is 5.26 Å². The Labute approximate surface area is 131 Å². The van der Waals surface area contributed by atoms with Crippen LogP contribution in [0.2, 0.25) is 0 Å². The molecule has 0 bridgehead atoms. The van der Waals surface area contributed by atoms with Gasteiger partial charge in [0.05, 0.1) is 30.9 Å². The van der Waals surface area contributed by atoms with Gasteiger partial charge < -0.3 is 15.1 Å². The van der Waals surface area contributed by atoms with E-state index in [0.29, 0.717) is 34.6 Å². The number of amides is 1. The van der Waals surface area contributed by atoms with Crippen LogP contribution in [0.3, 0.4) is 0 Å². The van der Waals surface area contributed by atoms with Crippen LogP contribution in [0.5, 0.6) is 0 Å². The van der Waals surface area contributed by atoms with E-state index in [1.165, 1.54) is 0 Å². The first-order chi connectivity index (χ1) is 10.1. The average molecular weight is 348 g/mol. The average Bonchev–Trinajstić information content (AvgIpc) is 2.98. The fraction of sp³-hybridized carbons (Fsp3) is 0.200. The van der Waals surface area contributed by atoms with Crippen LogP contribution in [0.4, 0.5) is 5.69 Å². The number of hydrogen-bond donors (Lipinski definition) is 1. The van der Waals surface area contributed by atoms with Crippen molar-refractivity contribution >= 4 is 27.5 Å². The molecule has 0 saturated carbocycles. The van der Waals surface area contributed by atoms with Gasteiger partial charge in [0.15, 0.2) is 0 Å². The third kappa shape index (κ3) is 3.86. The fourth-order valence-electron chi connectivity index (χ4n) is 1.91. The molecule has 0 radical (unpaired) electrons. The Hall–Kier alpha value is -2.26. The minimum atomic E-state index is -0.194. The number of nitriles is 1. The summed E-state index contributed by atoms with van der Waals surface area (Å²) < 4.78 is 5.94. The van der Waals surface area contributed by atoms with Gasteiger partial charge in [-0.3, -0.25) is 4.79 Å². The number of carbonyl (C=O) groups excluding carboxylic acids is 1. The molecule has 0 unspecified atom stereocenters. The lowest BCUT2D eigenvalue weighted by Crippen LogP contribution is -2.31. The zero-order valence-electron chi connectivity index (χ0n) is 11.3. The molecular formula is C15H14BrN3O2.